The maximum atomic E-state index is 12.6. The molecule has 2 aromatic carbocycles. The van der Waals surface area contributed by atoms with Gasteiger partial charge in [-0.1, -0.05) is 38.1 Å². The molecule has 0 aromatic heterocycles. The first-order valence-electron chi connectivity index (χ1n) is 9.77. The molecule has 6 heteroatoms. The number of rotatable bonds is 9. The SMILES string of the molecule is CNC(=O)c1ccc(CN(C)CC(=O)NC(c2ccc(OC)cc2)C(C)C)cc1. The molecule has 2 rings (SSSR count). The van der Waals surface area contributed by atoms with Gasteiger partial charge in [0.1, 0.15) is 5.75 Å². The van der Waals surface area contributed by atoms with Crippen LogP contribution in [0.1, 0.15) is 41.4 Å². The Hall–Kier alpha value is -2.86. The minimum atomic E-state index is -0.109. The monoisotopic (exact) mass is 397 g/mol. The Balaban J connectivity index is 1.94. The zero-order chi connectivity index (χ0) is 21.4. The van der Waals surface area contributed by atoms with Crippen molar-refractivity contribution in [2.45, 2.75) is 26.4 Å². The van der Waals surface area contributed by atoms with Gasteiger partial charge < -0.3 is 15.4 Å². The summed E-state index contributed by atoms with van der Waals surface area (Å²) in [6.07, 6.45) is 0. The number of nitrogens with one attached hydrogen (secondary N) is 2. The number of carbonyl (C=O) groups excluding carboxylic acids is 2. The summed E-state index contributed by atoms with van der Waals surface area (Å²) >= 11 is 0. The van der Waals surface area contributed by atoms with E-state index in [2.05, 4.69) is 24.5 Å². The van der Waals surface area contributed by atoms with Gasteiger partial charge in [0.05, 0.1) is 19.7 Å². The van der Waals surface area contributed by atoms with Gasteiger partial charge in [0, 0.05) is 19.2 Å². The van der Waals surface area contributed by atoms with Crippen LogP contribution in [-0.4, -0.2) is 44.5 Å². The summed E-state index contributed by atoms with van der Waals surface area (Å²) in [6, 6.07) is 15.1. The summed E-state index contributed by atoms with van der Waals surface area (Å²) in [5.74, 6) is 0.922. The van der Waals surface area contributed by atoms with Crippen molar-refractivity contribution in [3.63, 3.8) is 0 Å². The zero-order valence-corrected chi connectivity index (χ0v) is 17.9. The number of benzene rings is 2. The molecule has 29 heavy (non-hydrogen) atoms. The molecular formula is C23H31N3O3. The van der Waals surface area contributed by atoms with Crippen molar-refractivity contribution in [2.75, 3.05) is 27.7 Å². The van der Waals surface area contributed by atoms with E-state index in [1.54, 1.807) is 26.3 Å². The largest absolute Gasteiger partial charge is 0.497 e. The summed E-state index contributed by atoms with van der Waals surface area (Å²) in [5.41, 5.74) is 2.72. The van der Waals surface area contributed by atoms with E-state index in [0.29, 0.717) is 12.1 Å². The molecule has 156 valence electrons. The molecule has 0 heterocycles. The van der Waals surface area contributed by atoms with Gasteiger partial charge in [-0.15, -0.1) is 0 Å². The number of nitrogens with zero attached hydrogens (tertiary/aromatic N) is 1. The topological polar surface area (TPSA) is 70.7 Å². The van der Waals surface area contributed by atoms with Crippen molar-refractivity contribution in [1.82, 2.24) is 15.5 Å². The van der Waals surface area contributed by atoms with E-state index in [-0.39, 0.29) is 30.3 Å². The van der Waals surface area contributed by atoms with E-state index >= 15 is 0 Å². The van der Waals surface area contributed by atoms with Crippen LogP contribution in [0.15, 0.2) is 48.5 Å². The first-order chi connectivity index (χ1) is 13.8. The Morgan fingerprint density at radius 2 is 1.66 bits per heavy atom. The fourth-order valence-electron chi connectivity index (χ4n) is 3.18. The lowest BCUT2D eigenvalue weighted by Gasteiger charge is -2.25. The van der Waals surface area contributed by atoms with Gasteiger partial charge in [-0.25, -0.2) is 0 Å². The van der Waals surface area contributed by atoms with E-state index in [9.17, 15) is 9.59 Å². The van der Waals surface area contributed by atoms with Gasteiger partial charge in [-0.2, -0.15) is 0 Å². The highest BCUT2D eigenvalue weighted by atomic mass is 16.5. The minimum Gasteiger partial charge on any atom is -0.497 e. The van der Waals surface area contributed by atoms with Crippen molar-refractivity contribution in [2.24, 2.45) is 5.92 Å². The standard InChI is InChI=1S/C23H31N3O3/c1-16(2)22(18-10-12-20(29-5)13-11-18)25-21(27)15-26(4)14-17-6-8-19(9-7-17)23(28)24-3/h6-13,16,22H,14-15H2,1-5H3,(H,24,28)(H,25,27). The molecule has 0 saturated carbocycles. The Bertz CT molecular complexity index is 801. The molecule has 2 N–H and O–H groups in total. The highest BCUT2D eigenvalue weighted by molar-refractivity contribution is 5.93. The van der Waals surface area contributed by atoms with Crippen LogP contribution in [0.5, 0.6) is 5.75 Å². The van der Waals surface area contributed by atoms with Crippen LogP contribution < -0.4 is 15.4 Å². The molecule has 2 aromatic rings. The van der Waals surface area contributed by atoms with Crippen LogP contribution >= 0.6 is 0 Å². The quantitative estimate of drug-likeness (QED) is 0.682. The van der Waals surface area contributed by atoms with Gasteiger partial charge in [-0.3, -0.25) is 14.5 Å². The van der Waals surface area contributed by atoms with Crippen LogP contribution in [0, 0.1) is 5.92 Å². The maximum Gasteiger partial charge on any atom is 0.251 e. The van der Waals surface area contributed by atoms with E-state index in [1.807, 2.05) is 48.3 Å². The van der Waals surface area contributed by atoms with Crippen molar-refractivity contribution >= 4 is 11.8 Å². The summed E-state index contributed by atoms with van der Waals surface area (Å²) < 4.78 is 5.21. The third kappa shape index (κ3) is 6.61. The molecule has 0 bridgehead atoms. The number of ether oxygens (including phenoxy) is 1. The van der Waals surface area contributed by atoms with Gasteiger partial charge in [0.25, 0.3) is 5.91 Å². The van der Waals surface area contributed by atoms with E-state index in [0.717, 1.165) is 16.9 Å². The Morgan fingerprint density at radius 3 is 2.17 bits per heavy atom. The lowest BCUT2D eigenvalue weighted by atomic mass is 9.96. The molecule has 0 fully saturated rings. The zero-order valence-electron chi connectivity index (χ0n) is 17.9. The second-order valence-electron chi connectivity index (χ2n) is 7.51. The van der Waals surface area contributed by atoms with Crippen LogP contribution in [0.4, 0.5) is 0 Å². The van der Waals surface area contributed by atoms with Crippen LogP contribution in [0.2, 0.25) is 0 Å². The summed E-state index contributed by atoms with van der Waals surface area (Å²) in [4.78, 5) is 26.2. The predicted octanol–water partition coefficient (Wildman–Crippen LogP) is 3.00. The Labute approximate surface area is 173 Å². The summed E-state index contributed by atoms with van der Waals surface area (Å²) in [5, 5.41) is 5.75. The van der Waals surface area contributed by atoms with Crippen molar-refractivity contribution in [3.05, 3.63) is 65.2 Å². The van der Waals surface area contributed by atoms with Gasteiger partial charge in [0.2, 0.25) is 5.91 Å². The maximum absolute atomic E-state index is 12.6. The molecule has 0 aliphatic carbocycles. The molecule has 2 amide bonds. The van der Waals surface area contributed by atoms with Crippen molar-refractivity contribution in [3.8, 4) is 5.75 Å². The number of methoxy groups -OCH3 is 1. The van der Waals surface area contributed by atoms with Gasteiger partial charge >= 0.3 is 0 Å². The first kappa shape index (κ1) is 22.4. The highest BCUT2D eigenvalue weighted by Gasteiger charge is 2.19. The van der Waals surface area contributed by atoms with Gasteiger partial charge in [-0.05, 0) is 48.4 Å². The second-order valence-corrected chi connectivity index (χ2v) is 7.51. The molecule has 0 aliphatic heterocycles. The average Bonchev–Trinajstić information content (AvgIpc) is 2.71. The van der Waals surface area contributed by atoms with Gasteiger partial charge in [0.15, 0.2) is 0 Å². The highest BCUT2D eigenvalue weighted by Crippen LogP contribution is 2.23. The van der Waals surface area contributed by atoms with Crippen LogP contribution in [0.25, 0.3) is 0 Å². The number of likely N-dealkylation sites (N-methyl/N-ethyl adjacent to an activating group) is 1. The average molecular weight is 398 g/mol. The molecule has 0 radical (unpaired) electrons. The van der Waals surface area contributed by atoms with Crippen LogP contribution in [-0.2, 0) is 11.3 Å². The summed E-state index contributed by atoms with van der Waals surface area (Å²) in [7, 11) is 5.15. The normalized spacial score (nSPS) is 12.0. The molecule has 1 unspecified atom stereocenters. The number of hydrogen-bond donors (Lipinski definition) is 2. The third-order valence-electron chi connectivity index (χ3n) is 4.77. The molecule has 0 aliphatic rings. The lowest BCUT2D eigenvalue weighted by Crippen LogP contribution is -2.38. The fourth-order valence-corrected chi connectivity index (χ4v) is 3.18. The molecule has 1 atom stereocenters. The first-order valence-corrected chi connectivity index (χ1v) is 9.77. The smallest absolute Gasteiger partial charge is 0.251 e. The number of carbonyl (C=O) groups is 2. The summed E-state index contributed by atoms with van der Waals surface area (Å²) in [6.45, 7) is 5.09. The van der Waals surface area contributed by atoms with Crippen molar-refractivity contribution in [1.29, 1.82) is 0 Å². The van der Waals surface area contributed by atoms with E-state index < -0.39 is 0 Å². The minimum absolute atomic E-state index is 0.0241. The number of hydrogen-bond acceptors (Lipinski definition) is 4. The second kappa shape index (κ2) is 10.6. The Kier molecular flexibility index (Phi) is 8.21. The lowest BCUT2D eigenvalue weighted by molar-refractivity contribution is -0.123. The molecule has 0 spiro atoms. The van der Waals surface area contributed by atoms with E-state index in [1.165, 1.54) is 0 Å². The molecule has 6 nitrogen and oxygen atoms in total. The van der Waals surface area contributed by atoms with Crippen LogP contribution in [0.3, 0.4) is 0 Å². The van der Waals surface area contributed by atoms with Crippen molar-refractivity contribution < 1.29 is 14.3 Å². The predicted molar refractivity (Wildman–Crippen MR) is 115 cm³/mol. The Morgan fingerprint density at radius 1 is 1.03 bits per heavy atom. The van der Waals surface area contributed by atoms with E-state index in [4.69, 9.17) is 4.74 Å². The fraction of sp³-hybridized carbons (Fsp3) is 0.391. The third-order valence-corrected chi connectivity index (χ3v) is 4.77. The molecular weight excluding hydrogens is 366 g/mol. The molecule has 0 saturated heterocycles. The number of amides is 2.